The van der Waals surface area contributed by atoms with Crippen molar-refractivity contribution in [3.05, 3.63) is 52.5 Å². The van der Waals surface area contributed by atoms with Gasteiger partial charge in [0.25, 0.3) is 0 Å². The fourth-order valence-corrected chi connectivity index (χ4v) is 2.87. The molecule has 154 valence electrons. The number of anilines is 1. The van der Waals surface area contributed by atoms with Crippen LogP contribution in [0.1, 0.15) is 32.3 Å². The van der Waals surface area contributed by atoms with Crippen molar-refractivity contribution in [1.29, 1.82) is 0 Å². The molecule has 2 N–H and O–H groups in total. The van der Waals surface area contributed by atoms with Crippen LogP contribution >= 0.6 is 15.9 Å². The molecule has 0 unspecified atom stereocenters. The molecule has 0 aliphatic heterocycles. The van der Waals surface area contributed by atoms with Crippen LogP contribution in [0.5, 0.6) is 11.5 Å². The summed E-state index contributed by atoms with van der Waals surface area (Å²) < 4.78 is 11.6. The molecule has 0 bridgehead atoms. The van der Waals surface area contributed by atoms with Gasteiger partial charge in [-0.1, -0.05) is 0 Å². The topological polar surface area (TPSA) is 89.0 Å². The molecule has 0 saturated heterocycles. The molecule has 0 aliphatic carbocycles. The third kappa shape index (κ3) is 7.95. The van der Waals surface area contributed by atoms with Gasteiger partial charge in [0, 0.05) is 18.5 Å². The first-order chi connectivity index (χ1) is 14.0. The van der Waals surface area contributed by atoms with E-state index in [2.05, 4.69) is 31.8 Å². The lowest BCUT2D eigenvalue weighted by Gasteiger charge is -2.07. The molecule has 2 amide bonds. The zero-order valence-electron chi connectivity index (χ0n) is 16.4. The second kappa shape index (κ2) is 11.9. The number of rotatable bonds is 10. The van der Waals surface area contributed by atoms with Crippen molar-refractivity contribution in [2.75, 3.05) is 18.5 Å². The van der Waals surface area contributed by atoms with E-state index >= 15 is 0 Å². The summed E-state index contributed by atoms with van der Waals surface area (Å²) in [6, 6.07) is 12.5. The highest BCUT2D eigenvalue weighted by molar-refractivity contribution is 9.10. The number of nitrogens with zero attached hydrogens (tertiary/aromatic N) is 1. The van der Waals surface area contributed by atoms with Crippen LogP contribution in [0.15, 0.2) is 52.0 Å². The normalized spacial score (nSPS) is 10.6. The van der Waals surface area contributed by atoms with Crippen LogP contribution < -0.4 is 20.2 Å². The monoisotopic (exact) mass is 461 g/mol. The van der Waals surface area contributed by atoms with Crippen LogP contribution in [0.3, 0.4) is 0 Å². The van der Waals surface area contributed by atoms with Gasteiger partial charge in [0.05, 0.1) is 23.9 Å². The van der Waals surface area contributed by atoms with Gasteiger partial charge in [0.1, 0.15) is 11.5 Å². The lowest BCUT2D eigenvalue weighted by Crippen LogP contribution is -2.20. The average Bonchev–Trinajstić information content (AvgIpc) is 2.70. The van der Waals surface area contributed by atoms with Gasteiger partial charge in [0.15, 0.2) is 0 Å². The van der Waals surface area contributed by atoms with Crippen molar-refractivity contribution >= 4 is 39.6 Å². The van der Waals surface area contributed by atoms with Gasteiger partial charge >= 0.3 is 0 Å². The van der Waals surface area contributed by atoms with Crippen molar-refractivity contribution in [1.82, 2.24) is 5.43 Å². The van der Waals surface area contributed by atoms with Crippen LogP contribution in [-0.2, 0) is 9.59 Å². The van der Waals surface area contributed by atoms with E-state index in [0.29, 0.717) is 18.9 Å². The molecule has 7 nitrogen and oxygen atoms in total. The maximum absolute atomic E-state index is 12.0. The molecule has 0 spiro atoms. The Morgan fingerprint density at radius 1 is 1.00 bits per heavy atom. The minimum absolute atomic E-state index is 0.0349. The van der Waals surface area contributed by atoms with Crippen molar-refractivity contribution < 1.29 is 19.1 Å². The molecule has 2 aromatic rings. The molecule has 0 atom stereocenters. The Kier molecular flexibility index (Phi) is 9.17. The zero-order chi connectivity index (χ0) is 21.1. The van der Waals surface area contributed by atoms with E-state index in [9.17, 15) is 9.59 Å². The third-order valence-electron chi connectivity index (χ3n) is 3.69. The quantitative estimate of drug-likeness (QED) is 0.411. The first-order valence-electron chi connectivity index (χ1n) is 9.28. The van der Waals surface area contributed by atoms with E-state index in [1.807, 2.05) is 32.0 Å². The number of amides is 2. The third-order valence-corrected chi connectivity index (χ3v) is 4.31. The Bertz CT molecular complexity index is 854. The minimum atomic E-state index is -0.340. The van der Waals surface area contributed by atoms with Crippen molar-refractivity contribution in [3.8, 4) is 11.5 Å². The van der Waals surface area contributed by atoms with E-state index in [1.54, 1.807) is 24.3 Å². The van der Waals surface area contributed by atoms with Gasteiger partial charge < -0.3 is 14.8 Å². The summed E-state index contributed by atoms with van der Waals surface area (Å²) in [4.78, 5) is 23.8. The molecular weight excluding hydrogens is 438 g/mol. The molecule has 29 heavy (non-hydrogen) atoms. The van der Waals surface area contributed by atoms with Gasteiger partial charge in [0.2, 0.25) is 11.8 Å². The Morgan fingerprint density at radius 3 is 2.34 bits per heavy atom. The summed E-state index contributed by atoms with van der Waals surface area (Å²) in [5, 5.41) is 6.66. The second-order valence-electron chi connectivity index (χ2n) is 5.92. The summed E-state index contributed by atoms with van der Waals surface area (Å²) in [6.45, 7) is 4.98. The molecule has 0 aliphatic rings. The van der Waals surface area contributed by atoms with Crippen molar-refractivity contribution in [2.24, 2.45) is 5.10 Å². The van der Waals surface area contributed by atoms with Crippen molar-refractivity contribution in [3.63, 3.8) is 0 Å². The number of hydrazone groups is 1. The van der Waals surface area contributed by atoms with Gasteiger partial charge in [-0.15, -0.1) is 0 Å². The van der Waals surface area contributed by atoms with E-state index in [1.165, 1.54) is 6.21 Å². The fourth-order valence-electron chi connectivity index (χ4n) is 2.36. The number of benzene rings is 2. The highest BCUT2D eigenvalue weighted by Gasteiger charge is 2.07. The number of hydrogen-bond donors (Lipinski definition) is 2. The van der Waals surface area contributed by atoms with Gasteiger partial charge in [-0.2, -0.15) is 5.10 Å². The van der Waals surface area contributed by atoms with E-state index in [4.69, 9.17) is 9.47 Å². The van der Waals surface area contributed by atoms with Crippen LogP contribution in [0.4, 0.5) is 5.69 Å². The maximum atomic E-state index is 12.0. The summed E-state index contributed by atoms with van der Waals surface area (Å²) in [5.41, 5.74) is 3.87. The fraction of sp³-hybridized carbons (Fsp3) is 0.286. The Morgan fingerprint density at radius 2 is 1.69 bits per heavy atom. The molecule has 2 aromatic carbocycles. The number of halogens is 1. The largest absolute Gasteiger partial charge is 0.494 e. The van der Waals surface area contributed by atoms with E-state index in [-0.39, 0.29) is 24.7 Å². The van der Waals surface area contributed by atoms with E-state index in [0.717, 1.165) is 21.5 Å². The summed E-state index contributed by atoms with van der Waals surface area (Å²) >= 11 is 3.42. The number of nitrogens with one attached hydrogen (secondary N) is 2. The lowest BCUT2D eigenvalue weighted by atomic mass is 10.2. The predicted molar refractivity (Wildman–Crippen MR) is 117 cm³/mol. The van der Waals surface area contributed by atoms with Crippen LogP contribution in [-0.4, -0.2) is 31.2 Å². The predicted octanol–water partition coefficient (Wildman–Crippen LogP) is 4.12. The number of hydrogen-bond acceptors (Lipinski definition) is 5. The summed E-state index contributed by atoms with van der Waals surface area (Å²) in [5.74, 6) is 0.895. The Labute approximate surface area is 178 Å². The van der Waals surface area contributed by atoms with Crippen LogP contribution in [0.25, 0.3) is 0 Å². The molecular formula is C21H24BrN3O4. The maximum Gasteiger partial charge on any atom is 0.240 e. The molecule has 0 aromatic heterocycles. The summed E-state index contributed by atoms with van der Waals surface area (Å²) in [7, 11) is 0. The molecule has 0 fully saturated rings. The molecule has 8 heteroatoms. The minimum Gasteiger partial charge on any atom is -0.494 e. The smallest absolute Gasteiger partial charge is 0.240 e. The van der Waals surface area contributed by atoms with Crippen LogP contribution in [0.2, 0.25) is 0 Å². The van der Waals surface area contributed by atoms with Crippen molar-refractivity contribution in [2.45, 2.75) is 26.7 Å². The van der Waals surface area contributed by atoms with Crippen LogP contribution in [0, 0.1) is 0 Å². The van der Waals surface area contributed by atoms with Gasteiger partial charge in [-0.25, -0.2) is 5.43 Å². The Hall–Kier alpha value is -2.87. The number of ether oxygens (including phenoxy) is 2. The molecule has 0 heterocycles. The number of carbonyl (C=O) groups is 2. The highest BCUT2D eigenvalue weighted by Crippen LogP contribution is 2.25. The molecule has 2 rings (SSSR count). The van der Waals surface area contributed by atoms with Gasteiger partial charge in [-0.05, 0) is 77.8 Å². The average molecular weight is 462 g/mol. The SMILES string of the molecule is CCOc1ccc(NC(=O)CCC(=O)NN=Cc2ccc(OCC)c(Br)c2)cc1. The first-order valence-corrected chi connectivity index (χ1v) is 10.1. The highest BCUT2D eigenvalue weighted by atomic mass is 79.9. The van der Waals surface area contributed by atoms with E-state index < -0.39 is 0 Å². The molecule has 0 radical (unpaired) electrons. The first kappa shape index (κ1) is 22.4. The van der Waals surface area contributed by atoms with Gasteiger partial charge in [-0.3, -0.25) is 9.59 Å². The second-order valence-corrected chi connectivity index (χ2v) is 6.78. The Balaban J connectivity index is 1.74. The summed E-state index contributed by atoms with van der Waals surface area (Å²) in [6.07, 6.45) is 1.62. The zero-order valence-corrected chi connectivity index (χ0v) is 18.0. The number of carbonyl (C=O) groups excluding carboxylic acids is 2. The molecule has 0 saturated carbocycles. The lowest BCUT2D eigenvalue weighted by molar-refractivity contribution is -0.124. The standard InChI is InChI=1S/C21H24BrN3O4/c1-3-28-17-8-6-16(7-9-17)24-20(26)11-12-21(27)25-23-14-15-5-10-19(29-4-2)18(22)13-15/h5-10,13-14H,3-4,11-12H2,1-2H3,(H,24,26)(H,25,27).